The smallest absolute Gasteiger partial charge is 0.293 e. The zero-order chi connectivity index (χ0) is 18.7. The van der Waals surface area contributed by atoms with Crippen molar-refractivity contribution < 1.29 is 18.3 Å². The Morgan fingerprint density at radius 2 is 1.96 bits per heavy atom. The molecule has 4 nitrogen and oxygen atoms in total. The molecule has 1 N–H and O–H groups in total. The maximum atomic E-state index is 13.5. The normalized spacial score (nSPS) is 12.0. The number of carbonyl (C=O) groups is 1. The van der Waals surface area contributed by atoms with Gasteiger partial charge in [0, 0.05) is 17.0 Å². The second-order valence-corrected chi connectivity index (χ2v) is 6.37. The summed E-state index contributed by atoms with van der Waals surface area (Å²) >= 11 is 11.6. The minimum Gasteiger partial charge on any atom is -0.459 e. The first kappa shape index (κ1) is 18.4. The van der Waals surface area contributed by atoms with Crippen LogP contribution < -0.4 is 0 Å². The molecular weight excluding hydrogens is 385 g/mol. The fraction of sp³-hybridized carbons (Fsp3) is 0.111. The number of ether oxygens (including phenoxy) is 1. The van der Waals surface area contributed by atoms with Crippen LogP contribution in [0.1, 0.15) is 17.4 Å². The van der Waals surface area contributed by atoms with E-state index in [4.69, 9.17) is 27.9 Å². The molecule has 0 aliphatic rings. The molecule has 0 bridgehead atoms. The molecule has 0 aliphatic heterocycles. The van der Waals surface area contributed by atoms with Crippen LogP contribution in [-0.4, -0.2) is 16.7 Å². The van der Waals surface area contributed by atoms with E-state index in [2.05, 4.69) is 10.2 Å². The molecule has 0 fully saturated rings. The van der Waals surface area contributed by atoms with E-state index in [1.165, 1.54) is 30.3 Å². The molecule has 3 rings (SSSR count). The van der Waals surface area contributed by atoms with E-state index in [9.17, 15) is 13.6 Å². The largest absolute Gasteiger partial charge is 0.459 e. The average Bonchev–Trinajstić information content (AvgIpc) is 3.05. The highest BCUT2D eigenvalue weighted by molar-refractivity contribution is 6.31. The summed E-state index contributed by atoms with van der Waals surface area (Å²) in [6.45, 7) is 0.307. The number of nitrogens with zero attached hydrogens (tertiary/aromatic N) is 1. The Labute approximate surface area is 157 Å². The minimum atomic E-state index is -0.696. The van der Waals surface area contributed by atoms with Crippen LogP contribution in [0.15, 0.2) is 42.5 Å². The summed E-state index contributed by atoms with van der Waals surface area (Å²) in [5.41, 5.74) is 2.18. The molecule has 1 aromatic heterocycles. The Hall–Kier alpha value is -2.44. The second-order valence-electron chi connectivity index (χ2n) is 5.53. The lowest BCUT2D eigenvalue weighted by Gasteiger charge is -2.14. The molecule has 1 unspecified atom stereocenters. The number of benzene rings is 2. The minimum absolute atomic E-state index is 0.0703. The van der Waals surface area contributed by atoms with Crippen LogP contribution in [0.2, 0.25) is 10.0 Å². The standard InChI is InChI=1S/C18H12Cl2F2N2O2/c19-12-3-11(4-13(21)6-12)17-7-14(23-24-17)8-18(26-9-25)10-1-2-16(22)15(20)5-10/h1-7,9,18H,8H2,(H,23,24). The Kier molecular flexibility index (Phi) is 5.54. The monoisotopic (exact) mass is 396 g/mol. The lowest BCUT2D eigenvalue weighted by molar-refractivity contribution is -0.133. The van der Waals surface area contributed by atoms with Gasteiger partial charge in [-0.25, -0.2) is 8.78 Å². The van der Waals surface area contributed by atoms with Crippen molar-refractivity contribution >= 4 is 29.7 Å². The highest BCUT2D eigenvalue weighted by atomic mass is 35.5. The number of aromatic nitrogens is 2. The van der Waals surface area contributed by atoms with E-state index < -0.39 is 17.7 Å². The van der Waals surface area contributed by atoms with E-state index >= 15 is 0 Å². The Morgan fingerprint density at radius 3 is 2.65 bits per heavy atom. The molecule has 134 valence electrons. The van der Waals surface area contributed by atoms with Crippen LogP contribution in [0, 0.1) is 11.6 Å². The first-order chi connectivity index (χ1) is 12.5. The van der Waals surface area contributed by atoms with Crippen molar-refractivity contribution in [2.24, 2.45) is 0 Å². The van der Waals surface area contributed by atoms with Gasteiger partial charge in [0.15, 0.2) is 0 Å². The van der Waals surface area contributed by atoms with Crippen LogP contribution in [-0.2, 0) is 16.0 Å². The van der Waals surface area contributed by atoms with E-state index in [-0.39, 0.29) is 16.5 Å². The predicted octanol–water partition coefficient (Wildman–Crippen LogP) is 5.12. The summed E-state index contributed by atoms with van der Waals surface area (Å²) in [4.78, 5) is 10.8. The van der Waals surface area contributed by atoms with Gasteiger partial charge in [-0.1, -0.05) is 29.3 Å². The van der Waals surface area contributed by atoms with E-state index in [1.807, 2.05) is 0 Å². The van der Waals surface area contributed by atoms with Gasteiger partial charge in [0.05, 0.1) is 16.4 Å². The first-order valence-electron chi connectivity index (χ1n) is 7.51. The summed E-state index contributed by atoms with van der Waals surface area (Å²) in [5.74, 6) is -1.03. The molecule has 1 atom stereocenters. The van der Waals surface area contributed by atoms with E-state index in [1.54, 1.807) is 12.1 Å². The number of rotatable bonds is 6. The van der Waals surface area contributed by atoms with Gasteiger partial charge >= 0.3 is 0 Å². The zero-order valence-corrected chi connectivity index (χ0v) is 14.7. The molecule has 0 spiro atoms. The van der Waals surface area contributed by atoms with Crippen LogP contribution >= 0.6 is 23.2 Å². The van der Waals surface area contributed by atoms with Crippen LogP contribution in [0.5, 0.6) is 0 Å². The van der Waals surface area contributed by atoms with Crippen LogP contribution in [0.25, 0.3) is 11.3 Å². The zero-order valence-electron chi connectivity index (χ0n) is 13.2. The topological polar surface area (TPSA) is 55.0 Å². The fourth-order valence-electron chi connectivity index (χ4n) is 2.54. The van der Waals surface area contributed by atoms with Gasteiger partial charge in [-0.15, -0.1) is 0 Å². The van der Waals surface area contributed by atoms with Crippen molar-refractivity contribution in [3.05, 3.63) is 75.4 Å². The van der Waals surface area contributed by atoms with Crippen molar-refractivity contribution in [3.8, 4) is 11.3 Å². The first-order valence-corrected chi connectivity index (χ1v) is 8.26. The summed E-state index contributed by atoms with van der Waals surface area (Å²) < 4.78 is 31.9. The number of aromatic amines is 1. The number of H-pyrrole nitrogens is 1. The summed E-state index contributed by atoms with van der Waals surface area (Å²) in [5, 5.41) is 7.13. The van der Waals surface area contributed by atoms with Gasteiger partial charge in [-0.2, -0.15) is 5.10 Å². The van der Waals surface area contributed by atoms with Crippen molar-refractivity contribution in [2.45, 2.75) is 12.5 Å². The van der Waals surface area contributed by atoms with Gasteiger partial charge < -0.3 is 4.74 Å². The van der Waals surface area contributed by atoms with Crippen molar-refractivity contribution in [3.63, 3.8) is 0 Å². The molecule has 26 heavy (non-hydrogen) atoms. The number of carbonyl (C=O) groups excluding carboxylic acids is 1. The molecule has 3 aromatic rings. The number of hydrogen-bond acceptors (Lipinski definition) is 3. The molecule has 2 aromatic carbocycles. The molecule has 0 radical (unpaired) electrons. The molecule has 0 saturated heterocycles. The molecule has 8 heteroatoms. The lowest BCUT2D eigenvalue weighted by atomic mass is 10.0. The third kappa shape index (κ3) is 4.20. The van der Waals surface area contributed by atoms with Crippen LogP contribution in [0.3, 0.4) is 0 Å². The molecule has 0 amide bonds. The quantitative estimate of drug-likeness (QED) is 0.588. The third-order valence-electron chi connectivity index (χ3n) is 3.73. The Morgan fingerprint density at radius 1 is 1.15 bits per heavy atom. The second kappa shape index (κ2) is 7.85. The summed E-state index contributed by atoms with van der Waals surface area (Å²) in [7, 11) is 0. The van der Waals surface area contributed by atoms with E-state index in [0.717, 1.165) is 0 Å². The average molecular weight is 397 g/mol. The summed E-state index contributed by atoms with van der Waals surface area (Å²) in [6, 6.07) is 9.89. The van der Waals surface area contributed by atoms with Crippen molar-refractivity contribution in [2.75, 3.05) is 0 Å². The maximum Gasteiger partial charge on any atom is 0.293 e. The molecule has 0 saturated carbocycles. The predicted molar refractivity (Wildman–Crippen MR) is 94.0 cm³/mol. The highest BCUT2D eigenvalue weighted by Crippen LogP contribution is 2.28. The van der Waals surface area contributed by atoms with Gasteiger partial charge in [-0.3, -0.25) is 9.89 Å². The van der Waals surface area contributed by atoms with Crippen molar-refractivity contribution in [1.82, 2.24) is 10.2 Å². The molecule has 0 aliphatic carbocycles. The van der Waals surface area contributed by atoms with Gasteiger partial charge in [0.25, 0.3) is 6.47 Å². The van der Waals surface area contributed by atoms with Gasteiger partial charge in [0.1, 0.15) is 17.7 Å². The number of nitrogens with one attached hydrogen (secondary N) is 1. The fourth-order valence-corrected chi connectivity index (χ4v) is 2.95. The maximum absolute atomic E-state index is 13.5. The molecule has 1 heterocycles. The van der Waals surface area contributed by atoms with E-state index in [0.29, 0.717) is 29.0 Å². The lowest BCUT2D eigenvalue weighted by Crippen LogP contribution is -2.07. The Balaban J connectivity index is 1.85. The third-order valence-corrected chi connectivity index (χ3v) is 4.24. The van der Waals surface area contributed by atoms with Crippen molar-refractivity contribution in [1.29, 1.82) is 0 Å². The SMILES string of the molecule is O=COC(Cc1cc(-c2cc(F)cc(Cl)c2)[nH]n1)c1ccc(F)c(Cl)c1. The Bertz CT molecular complexity index is 926. The highest BCUT2D eigenvalue weighted by Gasteiger charge is 2.17. The summed E-state index contributed by atoms with van der Waals surface area (Å²) in [6.07, 6.45) is -0.474. The van der Waals surface area contributed by atoms with Gasteiger partial charge in [-0.05, 0) is 42.0 Å². The number of halogens is 4. The number of hydrogen-bond donors (Lipinski definition) is 1. The molecular formula is C18H12Cl2F2N2O2. The van der Waals surface area contributed by atoms with Gasteiger partial charge in [0.2, 0.25) is 0 Å². The van der Waals surface area contributed by atoms with Crippen LogP contribution in [0.4, 0.5) is 8.78 Å².